The zero-order chi connectivity index (χ0) is 19.8. The maximum absolute atomic E-state index is 12.0. The Balaban J connectivity index is 1.50. The predicted molar refractivity (Wildman–Crippen MR) is 105 cm³/mol. The third-order valence-corrected chi connectivity index (χ3v) is 4.67. The standard InChI is InChI=1S/C21H25N3O4/c1-27-18-7-6-15(14-19(18)28-17-4-2-3-5-17)8-13-23-20(25)21(26)24-16-9-11-22-12-10-16/h6-7,9-12,14,17H,2-5,8,13H2,1H3,(H,23,25)(H,22,24,26). The minimum Gasteiger partial charge on any atom is -0.493 e. The van der Waals surface area contributed by atoms with E-state index in [9.17, 15) is 9.59 Å². The molecule has 1 aromatic heterocycles. The van der Waals surface area contributed by atoms with E-state index in [4.69, 9.17) is 9.47 Å². The molecule has 7 nitrogen and oxygen atoms in total. The lowest BCUT2D eigenvalue weighted by Gasteiger charge is -2.17. The second-order valence-corrected chi connectivity index (χ2v) is 6.71. The molecule has 2 N–H and O–H groups in total. The summed E-state index contributed by atoms with van der Waals surface area (Å²) in [7, 11) is 1.62. The number of ether oxygens (including phenoxy) is 2. The molecule has 0 radical (unpaired) electrons. The van der Waals surface area contributed by atoms with Gasteiger partial charge in [-0.15, -0.1) is 0 Å². The summed E-state index contributed by atoms with van der Waals surface area (Å²) < 4.78 is 11.5. The van der Waals surface area contributed by atoms with E-state index in [0.29, 0.717) is 24.4 Å². The number of hydrogen-bond acceptors (Lipinski definition) is 5. The van der Waals surface area contributed by atoms with E-state index in [1.165, 1.54) is 12.8 Å². The average Bonchev–Trinajstić information content (AvgIpc) is 3.22. The summed E-state index contributed by atoms with van der Waals surface area (Å²) in [6.45, 7) is 0.345. The van der Waals surface area contributed by atoms with Gasteiger partial charge in [0.15, 0.2) is 11.5 Å². The average molecular weight is 383 g/mol. The van der Waals surface area contributed by atoms with E-state index >= 15 is 0 Å². The van der Waals surface area contributed by atoms with Gasteiger partial charge in [0.25, 0.3) is 0 Å². The summed E-state index contributed by atoms with van der Waals surface area (Å²) in [5, 5.41) is 5.16. The van der Waals surface area contributed by atoms with Crippen LogP contribution in [0.1, 0.15) is 31.2 Å². The molecule has 1 saturated carbocycles. The summed E-state index contributed by atoms with van der Waals surface area (Å²) >= 11 is 0. The van der Waals surface area contributed by atoms with Crippen molar-refractivity contribution in [1.29, 1.82) is 0 Å². The SMILES string of the molecule is COc1ccc(CCNC(=O)C(=O)Nc2ccncc2)cc1OC1CCCC1. The van der Waals surface area contributed by atoms with E-state index in [-0.39, 0.29) is 6.10 Å². The van der Waals surface area contributed by atoms with Crippen molar-refractivity contribution in [2.45, 2.75) is 38.2 Å². The van der Waals surface area contributed by atoms with Crippen LogP contribution in [-0.2, 0) is 16.0 Å². The molecule has 0 atom stereocenters. The lowest BCUT2D eigenvalue weighted by Crippen LogP contribution is -2.36. The molecule has 0 unspecified atom stereocenters. The molecule has 28 heavy (non-hydrogen) atoms. The molecule has 2 amide bonds. The van der Waals surface area contributed by atoms with Gasteiger partial charge in [-0.25, -0.2) is 0 Å². The number of nitrogens with zero attached hydrogens (tertiary/aromatic N) is 1. The van der Waals surface area contributed by atoms with E-state index in [1.807, 2.05) is 18.2 Å². The number of anilines is 1. The molecule has 1 heterocycles. The molecular weight excluding hydrogens is 358 g/mol. The van der Waals surface area contributed by atoms with Crippen molar-refractivity contribution < 1.29 is 19.1 Å². The second kappa shape index (κ2) is 9.73. The fourth-order valence-electron chi connectivity index (χ4n) is 3.18. The first kappa shape index (κ1) is 19.7. The molecule has 0 saturated heterocycles. The van der Waals surface area contributed by atoms with E-state index < -0.39 is 11.8 Å². The highest BCUT2D eigenvalue weighted by molar-refractivity contribution is 6.39. The van der Waals surface area contributed by atoms with E-state index in [2.05, 4.69) is 15.6 Å². The minimum atomic E-state index is -0.703. The number of carbonyl (C=O) groups excluding carboxylic acids is 2. The third kappa shape index (κ3) is 5.45. The molecule has 1 aliphatic carbocycles. The number of carbonyl (C=O) groups is 2. The van der Waals surface area contributed by atoms with Crippen LogP contribution in [0, 0.1) is 0 Å². The number of aromatic nitrogens is 1. The Hall–Kier alpha value is -3.09. The quantitative estimate of drug-likeness (QED) is 0.718. The fourth-order valence-corrected chi connectivity index (χ4v) is 3.18. The lowest BCUT2D eigenvalue weighted by atomic mass is 10.1. The predicted octanol–water partition coefficient (Wildman–Crippen LogP) is 2.71. The van der Waals surface area contributed by atoms with Crippen molar-refractivity contribution in [3.63, 3.8) is 0 Å². The van der Waals surface area contributed by atoms with Gasteiger partial charge in [-0.05, 0) is 61.9 Å². The molecule has 3 rings (SSSR count). The van der Waals surface area contributed by atoms with E-state index in [0.717, 1.165) is 24.2 Å². The molecule has 0 spiro atoms. The largest absolute Gasteiger partial charge is 0.493 e. The zero-order valence-corrected chi connectivity index (χ0v) is 15.9. The Labute approximate surface area is 164 Å². The van der Waals surface area contributed by atoms with Gasteiger partial charge in [0.1, 0.15) is 0 Å². The minimum absolute atomic E-state index is 0.237. The van der Waals surface area contributed by atoms with E-state index in [1.54, 1.807) is 31.6 Å². The van der Waals surface area contributed by atoms with Crippen molar-refractivity contribution >= 4 is 17.5 Å². The number of rotatable bonds is 7. The van der Waals surface area contributed by atoms with Crippen LogP contribution in [0.4, 0.5) is 5.69 Å². The molecule has 0 aliphatic heterocycles. The maximum Gasteiger partial charge on any atom is 0.313 e. The van der Waals surface area contributed by atoms with Gasteiger partial charge in [-0.2, -0.15) is 0 Å². The first-order valence-electron chi connectivity index (χ1n) is 9.48. The third-order valence-electron chi connectivity index (χ3n) is 4.67. The van der Waals surface area contributed by atoms with Gasteiger partial charge in [0.05, 0.1) is 13.2 Å². The molecule has 0 bridgehead atoms. The smallest absolute Gasteiger partial charge is 0.313 e. The fraction of sp³-hybridized carbons (Fsp3) is 0.381. The van der Waals surface area contributed by atoms with Crippen LogP contribution in [0.5, 0.6) is 11.5 Å². The summed E-state index contributed by atoms with van der Waals surface area (Å²) in [4.78, 5) is 27.7. The normalized spacial score (nSPS) is 13.8. The number of methoxy groups -OCH3 is 1. The lowest BCUT2D eigenvalue weighted by molar-refractivity contribution is -0.136. The maximum atomic E-state index is 12.0. The van der Waals surface area contributed by atoms with Crippen LogP contribution in [0.3, 0.4) is 0 Å². The van der Waals surface area contributed by atoms with Crippen molar-refractivity contribution in [2.24, 2.45) is 0 Å². The van der Waals surface area contributed by atoms with Gasteiger partial charge in [-0.3, -0.25) is 14.6 Å². The summed E-state index contributed by atoms with van der Waals surface area (Å²) in [6, 6.07) is 8.99. The molecule has 1 aliphatic rings. The summed E-state index contributed by atoms with van der Waals surface area (Å²) in [5.41, 5.74) is 1.53. The van der Waals surface area contributed by atoms with Crippen molar-refractivity contribution in [2.75, 3.05) is 19.0 Å². The molecule has 7 heteroatoms. The van der Waals surface area contributed by atoms with Crippen LogP contribution in [-0.4, -0.2) is 36.6 Å². The van der Waals surface area contributed by atoms with Crippen LogP contribution < -0.4 is 20.1 Å². The molecule has 1 fully saturated rings. The molecule has 1 aromatic carbocycles. The Morgan fingerprint density at radius 2 is 1.82 bits per heavy atom. The highest BCUT2D eigenvalue weighted by Gasteiger charge is 2.19. The highest BCUT2D eigenvalue weighted by atomic mass is 16.5. The Morgan fingerprint density at radius 1 is 1.07 bits per heavy atom. The van der Waals surface area contributed by atoms with Crippen molar-refractivity contribution in [3.05, 3.63) is 48.3 Å². The summed E-state index contributed by atoms with van der Waals surface area (Å²) in [5.74, 6) is 0.0593. The highest BCUT2D eigenvalue weighted by Crippen LogP contribution is 2.32. The Bertz CT molecular complexity index is 805. The van der Waals surface area contributed by atoms with Gasteiger partial charge in [0.2, 0.25) is 0 Å². The second-order valence-electron chi connectivity index (χ2n) is 6.71. The zero-order valence-electron chi connectivity index (χ0n) is 15.9. The first-order chi connectivity index (χ1) is 13.7. The number of pyridine rings is 1. The number of hydrogen-bond donors (Lipinski definition) is 2. The number of benzene rings is 1. The van der Waals surface area contributed by atoms with Gasteiger partial charge >= 0.3 is 11.8 Å². The van der Waals surface area contributed by atoms with Crippen molar-refractivity contribution in [3.8, 4) is 11.5 Å². The number of amides is 2. The van der Waals surface area contributed by atoms with Gasteiger partial charge in [0, 0.05) is 24.6 Å². The van der Waals surface area contributed by atoms with Crippen LogP contribution >= 0.6 is 0 Å². The van der Waals surface area contributed by atoms with Gasteiger partial charge < -0.3 is 20.1 Å². The van der Waals surface area contributed by atoms with Crippen LogP contribution in [0.15, 0.2) is 42.7 Å². The van der Waals surface area contributed by atoms with Crippen molar-refractivity contribution in [1.82, 2.24) is 10.3 Å². The molecule has 148 valence electrons. The Kier molecular flexibility index (Phi) is 6.84. The monoisotopic (exact) mass is 383 g/mol. The van der Waals surface area contributed by atoms with Crippen LogP contribution in [0.2, 0.25) is 0 Å². The van der Waals surface area contributed by atoms with Gasteiger partial charge in [-0.1, -0.05) is 6.07 Å². The molecule has 2 aromatic rings. The summed E-state index contributed by atoms with van der Waals surface area (Å²) in [6.07, 6.45) is 8.43. The van der Waals surface area contributed by atoms with Crippen LogP contribution in [0.25, 0.3) is 0 Å². The topological polar surface area (TPSA) is 89.5 Å². The Morgan fingerprint density at radius 3 is 2.54 bits per heavy atom. The molecular formula is C21H25N3O4. The first-order valence-corrected chi connectivity index (χ1v) is 9.48. The number of nitrogens with one attached hydrogen (secondary N) is 2.